The number of hydrogen-bond donors (Lipinski definition) is 3. The fraction of sp³-hybridized carbons (Fsp3) is 0. The Balaban J connectivity index is 1.72. The minimum Gasteiger partial charge on any atom is -0.399 e. The molecule has 7 heteroatoms. The van der Waals surface area contributed by atoms with Crippen LogP contribution in [0.5, 0.6) is 0 Å². The number of amides is 1. The van der Waals surface area contributed by atoms with Gasteiger partial charge >= 0.3 is 0 Å². The van der Waals surface area contributed by atoms with Crippen LogP contribution in [0.3, 0.4) is 0 Å². The average Bonchev–Trinajstić information content (AvgIpc) is 3.27. The number of anilines is 2. The number of nitrogens with two attached hydrogens (primary N) is 1. The van der Waals surface area contributed by atoms with Gasteiger partial charge in [0.25, 0.3) is 5.91 Å². The lowest BCUT2D eigenvalue weighted by Crippen LogP contribution is -2.10. The van der Waals surface area contributed by atoms with E-state index in [2.05, 4.69) is 15.5 Å². The normalized spacial score (nSPS) is 10.9. The molecule has 0 fully saturated rings. The van der Waals surface area contributed by atoms with Crippen LogP contribution in [-0.2, 0) is 0 Å². The van der Waals surface area contributed by atoms with Gasteiger partial charge < -0.3 is 11.1 Å². The third-order valence-corrected chi connectivity index (χ3v) is 4.74. The van der Waals surface area contributed by atoms with Gasteiger partial charge in [0.2, 0.25) is 0 Å². The van der Waals surface area contributed by atoms with Crippen molar-refractivity contribution in [3.05, 3.63) is 64.6 Å². The van der Waals surface area contributed by atoms with Gasteiger partial charge in [0.05, 0.1) is 4.88 Å². The first-order chi connectivity index (χ1) is 12.1. The number of carbonyl (C=O) groups excluding carboxylic acids is 1. The lowest BCUT2D eigenvalue weighted by atomic mass is 10.0. The number of benzene rings is 2. The zero-order chi connectivity index (χ0) is 17.4. The summed E-state index contributed by atoms with van der Waals surface area (Å²) >= 11 is 1.33. The quantitative estimate of drug-likeness (QED) is 0.482. The Morgan fingerprint density at radius 1 is 1.16 bits per heavy atom. The van der Waals surface area contributed by atoms with Gasteiger partial charge in [0.15, 0.2) is 11.6 Å². The van der Waals surface area contributed by atoms with E-state index < -0.39 is 5.82 Å². The number of fused-ring (bicyclic) bond motifs is 1. The van der Waals surface area contributed by atoms with Crippen LogP contribution < -0.4 is 11.1 Å². The second-order valence-corrected chi connectivity index (χ2v) is 6.42. The first kappa shape index (κ1) is 15.3. The number of aromatic nitrogens is 2. The first-order valence-corrected chi connectivity index (χ1v) is 8.39. The standard InChI is InChI=1S/C18H13FN4OS/c19-15-12(10-3-5-11(20)6-4-10)7-8-13-16(15)22-23-17(13)21-18(24)14-2-1-9-25-14/h1-9H,20H2,(H2,21,22,23,24). The Kier molecular flexibility index (Phi) is 3.70. The first-order valence-electron chi connectivity index (χ1n) is 7.51. The Labute approximate surface area is 146 Å². The van der Waals surface area contributed by atoms with Gasteiger partial charge in [-0.3, -0.25) is 9.89 Å². The summed E-state index contributed by atoms with van der Waals surface area (Å²) in [5, 5.41) is 11.7. The summed E-state index contributed by atoms with van der Waals surface area (Å²) in [6.07, 6.45) is 0. The molecule has 0 saturated heterocycles. The summed E-state index contributed by atoms with van der Waals surface area (Å²) in [7, 11) is 0. The van der Waals surface area contributed by atoms with E-state index in [4.69, 9.17) is 5.73 Å². The number of nitrogens with zero attached hydrogens (tertiary/aromatic N) is 1. The molecule has 0 bridgehead atoms. The van der Waals surface area contributed by atoms with E-state index in [1.165, 1.54) is 11.3 Å². The molecule has 2 heterocycles. The van der Waals surface area contributed by atoms with Crippen molar-refractivity contribution >= 4 is 39.7 Å². The number of aromatic amines is 1. The molecule has 0 aliphatic heterocycles. The van der Waals surface area contributed by atoms with E-state index in [1.807, 2.05) is 5.38 Å². The summed E-state index contributed by atoms with van der Waals surface area (Å²) in [6.45, 7) is 0. The van der Waals surface area contributed by atoms with Gasteiger partial charge in [-0.25, -0.2) is 4.39 Å². The minimum atomic E-state index is -0.425. The van der Waals surface area contributed by atoms with Crippen molar-refractivity contribution in [1.82, 2.24) is 10.2 Å². The summed E-state index contributed by atoms with van der Waals surface area (Å²) in [5.74, 6) is -0.394. The van der Waals surface area contributed by atoms with Crippen LogP contribution >= 0.6 is 11.3 Å². The van der Waals surface area contributed by atoms with Crippen LogP contribution in [-0.4, -0.2) is 16.1 Å². The molecule has 4 aromatic rings. The van der Waals surface area contributed by atoms with Gasteiger partial charge in [0, 0.05) is 16.6 Å². The van der Waals surface area contributed by atoms with E-state index in [0.717, 1.165) is 0 Å². The molecule has 0 radical (unpaired) electrons. The van der Waals surface area contributed by atoms with E-state index in [0.29, 0.717) is 32.9 Å². The van der Waals surface area contributed by atoms with Crippen LogP contribution in [0.4, 0.5) is 15.9 Å². The molecule has 4 N–H and O–H groups in total. The molecule has 0 atom stereocenters. The maximum atomic E-state index is 14.9. The van der Waals surface area contributed by atoms with E-state index >= 15 is 0 Å². The smallest absolute Gasteiger partial charge is 0.266 e. The van der Waals surface area contributed by atoms with Crippen molar-refractivity contribution in [2.45, 2.75) is 0 Å². The highest BCUT2D eigenvalue weighted by molar-refractivity contribution is 7.12. The topological polar surface area (TPSA) is 83.8 Å². The van der Waals surface area contributed by atoms with Crippen LogP contribution in [0.2, 0.25) is 0 Å². The molecule has 4 rings (SSSR count). The van der Waals surface area contributed by atoms with Crippen molar-refractivity contribution in [2.75, 3.05) is 11.1 Å². The highest BCUT2D eigenvalue weighted by atomic mass is 32.1. The van der Waals surface area contributed by atoms with Crippen molar-refractivity contribution in [3.63, 3.8) is 0 Å². The Hall–Kier alpha value is -3.19. The average molecular weight is 352 g/mol. The van der Waals surface area contributed by atoms with E-state index in [1.54, 1.807) is 48.5 Å². The molecule has 0 aliphatic carbocycles. The fourth-order valence-corrected chi connectivity index (χ4v) is 3.23. The SMILES string of the molecule is Nc1ccc(-c2ccc3c(NC(=O)c4cccs4)n[nH]c3c2F)cc1. The van der Waals surface area contributed by atoms with Crippen LogP contribution in [0, 0.1) is 5.82 Å². The number of nitrogens with one attached hydrogen (secondary N) is 2. The highest BCUT2D eigenvalue weighted by Gasteiger charge is 2.16. The molecule has 0 saturated carbocycles. The van der Waals surface area contributed by atoms with Crippen LogP contribution in [0.25, 0.3) is 22.0 Å². The molecular formula is C18H13FN4OS. The maximum Gasteiger partial charge on any atom is 0.266 e. The van der Waals surface area contributed by atoms with E-state index in [9.17, 15) is 9.18 Å². The monoisotopic (exact) mass is 352 g/mol. The summed E-state index contributed by atoms with van der Waals surface area (Å²) < 4.78 is 14.9. The number of H-pyrrole nitrogens is 1. The van der Waals surface area contributed by atoms with Gasteiger partial charge in [-0.2, -0.15) is 5.10 Å². The lowest BCUT2D eigenvalue weighted by Gasteiger charge is -2.05. The number of halogens is 1. The third-order valence-electron chi connectivity index (χ3n) is 3.88. The van der Waals surface area contributed by atoms with Crippen molar-refractivity contribution in [2.24, 2.45) is 0 Å². The van der Waals surface area contributed by atoms with Crippen LogP contribution in [0.1, 0.15) is 9.67 Å². The Morgan fingerprint density at radius 3 is 2.68 bits per heavy atom. The molecule has 2 aromatic carbocycles. The number of nitrogen functional groups attached to an aromatic ring is 1. The molecule has 1 amide bonds. The summed E-state index contributed by atoms with van der Waals surface area (Å²) in [4.78, 5) is 12.7. The molecule has 25 heavy (non-hydrogen) atoms. The number of rotatable bonds is 3. The number of carbonyl (C=O) groups is 1. The second kappa shape index (κ2) is 6.03. The van der Waals surface area contributed by atoms with E-state index in [-0.39, 0.29) is 11.4 Å². The lowest BCUT2D eigenvalue weighted by molar-refractivity contribution is 0.103. The Bertz CT molecular complexity index is 1050. The molecule has 0 spiro atoms. The van der Waals surface area contributed by atoms with Crippen molar-refractivity contribution in [1.29, 1.82) is 0 Å². The van der Waals surface area contributed by atoms with Gasteiger partial charge in [0.1, 0.15) is 5.52 Å². The molecular weight excluding hydrogens is 339 g/mol. The van der Waals surface area contributed by atoms with Gasteiger partial charge in [-0.05, 0) is 35.2 Å². The zero-order valence-electron chi connectivity index (χ0n) is 12.9. The summed E-state index contributed by atoms with van der Waals surface area (Å²) in [5.41, 5.74) is 7.69. The number of hydrogen-bond acceptors (Lipinski definition) is 4. The van der Waals surface area contributed by atoms with Crippen LogP contribution in [0.15, 0.2) is 53.9 Å². The van der Waals surface area contributed by atoms with Gasteiger partial charge in [-0.15, -0.1) is 11.3 Å². The highest BCUT2D eigenvalue weighted by Crippen LogP contribution is 2.31. The van der Waals surface area contributed by atoms with Gasteiger partial charge in [-0.1, -0.05) is 24.3 Å². The summed E-state index contributed by atoms with van der Waals surface area (Å²) in [6, 6.07) is 13.9. The molecule has 0 unspecified atom stereocenters. The second-order valence-electron chi connectivity index (χ2n) is 5.48. The minimum absolute atomic E-state index is 0.246. The largest absolute Gasteiger partial charge is 0.399 e. The Morgan fingerprint density at radius 2 is 1.96 bits per heavy atom. The zero-order valence-corrected chi connectivity index (χ0v) is 13.7. The fourth-order valence-electron chi connectivity index (χ4n) is 2.61. The predicted molar refractivity (Wildman–Crippen MR) is 98.2 cm³/mol. The van der Waals surface area contributed by atoms with Crippen molar-refractivity contribution < 1.29 is 9.18 Å². The third kappa shape index (κ3) is 2.74. The molecule has 0 aliphatic rings. The molecule has 124 valence electrons. The molecule has 2 aromatic heterocycles. The van der Waals surface area contributed by atoms with Crippen molar-refractivity contribution in [3.8, 4) is 11.1 Å². The number of thiophene rings is 1. The maximum absolute atomic E-state index is 14.9. The molecule has 5 nitrogen and oxygen atoms in total. The predicted octanol–water partition coefficient (Wildman–Crippen LogP) is 4.27.